The molecule has 0 fully saturated rings. The molecule has 4 heteroatoms. The second-order valence-electron chi connectivity index (χ2n) is 7.55. The molecule has 2 N–H and O–H groups in total. The van der Waals surface area contributed by atoms with Crippen LogP contribution in [0.5, 0.6) is 0 Å². The van der Waals surface area contributed by atoms with Crippen molar-refractivity contribution in [2.75, 3.05) is 0 Å². The first-order valence-corrected chi connectivity index (χ1v) is 11.9. The third-order valence-corrected chi connectivity index (χ3v) is 7.95. The van der Waals surface area contributed by atoms with Gasteiger partial charge in [0.2, 0.25) is 7.37 Å². The molecule has 0 spiro atoms. The molecule has 0 radical (unpaired) electrons. The van der Waals surface area contributed by atoms with Gasteiger partial charge in [0.1, 0.15) is 0 Å². The molecule has 0 saturated carbocycles. The minimum Gasteiger partial charge on any atom is -0.341 e. The van der Waals surface area contributed by atoms with Crippen LogP contribution in [0.3, 0.4) is 0 Å². The highest BCUT2D eigenvalue weighted by Crippen LogP contribution is 2.52. The molecule has 3 aromatic rings. The van der Waals surface area contributed by atoms with Crippen LogP contribution >= 0.6 is 7.37 Å². The Morgan fingerprint density at radius 2 is 1.37 bits per heavy atom. The summed E-state index contributed by atoms with van der Waals surface area (Å²) in [5.74, 6) is -0.155. The van der Waals surface area contributed by atoms with E-state index in [1.807, 2.05) is 72.8 Å². The number of hydrogen-bond donors (Lipinski definition) is 2. The minimum absolute atomic E-state index is 0.0956. The molecule has 1 aliphatic carbocycles. The van der Waals surface area contributed by atoms with Crippen molar-refractivity contribution in [1.82, 2.24) is 5.32 Å². The van der Waals surface area contributed by atoms with E-state index in [-0.39, 0.29) is 12.0 Å². The Balaban J connectivity index is 1.68. The van der Waals surface area contributed by atoms with E-state index in [9.17, 15) is 9.46 Å². The van der Waals surface area contributed by atoms with Crippen LogP contribution in [-0.4, -0.2) is 10.6 Å². The van der Waals surface area contributed by atoms with Crippen molar-refractivity contribution in [2.24, 2.45) is 5.92 Å². The van der Waals surface area contributed by atoms with Crippen LogP contribution in [0.15, 0.2) is 115 Å². The van der Waals surface area contributed by atoms with Crippen molar-refractivity contribution < 1.29 is 9.46 Å². The Hall–Kier alpha value is -2.71. The summed E-state index contributed by atoms with van der Waals surface area (Å²) in [5.41, 5.74) is 1.79. The van der Waals surface area contributed by atoms with Crippen molar-refractivity contribution >= 4 is 12.7 Å². The van der Waals surface area contributed by atoms with Crippen LogP contribution in [0.1, 0.15) is 17.2 Å². The Morgan fingerprint density at radius 3 is 2.03 bits per heavy atom. The van der Waals surface area contributed by atoms with Gasteiger partial charge < -0.3 is 10.2 Å². The lowest BCUT2D eigenvalue weighted by molar-refractivity contribution is 0.397. The van der Waals surface area contributed by atoms with E-state index in [1.165, 1.54) is 5.56 Å². The molecule has 152 valence electrons. The van der Waals surface area contributed by atoms with Gasteiger partial charge in [0.05, 0.1) is 5.66 Å². The minimum atomic E-state index is -3.62. The average Bonchev–Trinajstić information content (AvgIpc) is 2.81. The summed E-state index contributed by atoms with van der Waals surface area (Å²) in [6, 6.07) is 29.3. The Labute approximate surface area is 178 Å². The van der Waals surface area contributed by atoms with Crippen LogP contribution < -0.4 is 10.6 Å². The van der Waals surface area contributed by atoms with Gasteiger partial charge in [0.15, 0.2) is 0 Å². The fourth-order valence-electron chi connectivity index (χ4n) is 4.04. The normalized spacial score (nSPS) is 21.1. The number of nitrogens with one attached hydrogen (secondary N) is 1. The molecule has 30 heavy (non-hydrogen) atoms. The third kappa shape index (κ3) is 4.55. The van der Waals surface area contributed by atoms with Gasteiger partial charge in [-0.15, -0.1) is 0 Å². The highest BCUT2D eigenvalue weighted by molar-refractivity contribution is 7.67. The van der Waals surface area contributed by atoms with Crippen molar-refractivity contribution in [3.8, 4) is 0 Å². The van der Waals surface area contributed by atoms with Crippen LogP contribution in [0.4, 0.5) is 0 Å². The van der Waals surface area contributed by atoms with Crippen molar-refractivity contribution in [1.29, 1.82) is 0 Å². The molecule has 1 unspecified atom stereocenters. The predicted molar refractivity (Wildman–Crippen MR) is 124 cm³/mol. The maximum Gasteiger partial charge on any atom is 0.236 e. The lowest BCUT2D eigenvalue weighted by Gasteiger charge is -2.35. The lowest BCUT2D eigenvalue weighted by Crippen LogP contribution is -2.35. The molecule has 0 bridgehead atoms. The molecule has 0 heterocycles. The fraction of sp³-hybridized carbons (Fsp3) is 0.154. The van der Waals surface area contributed by atoms with Gasteiger partial charge in [-0.25, -0.2) is 0 Å². The monoisotopic (exact) mass is 415 g/mol. The summed E-state index contributed by atoms with van der Waals surface area (Å²) >= 11 is 0. The molecule has 4 rings (SSSR count). The van der Waals surface area contributed by atoms with Crippen molar-refractivity contribution in [3.63, 3.8) is 0 Å². The van der Waals surface area contributed by atoms with Gasteiger partial charge in [-0.05, 0) is 23.3 Å². The summed E-state index contributed by atoms with van der Waals surface area (Å²) in [7, 11) is -3.62. The Morgan fingerprint density at radius 1 is 0.800 bits per heavy atom. The van der Waals surface area contributed by atoms with Gasteiger partial charge >= 0.3 is 0 Å². The SMILES string of the molecule is O=P(O)(c1ccccc1)[C@@H]1C=CC=C[C@@H]1[C@H](NCc1ccccc1)c1ccccc1. The smallest absolute Gasteiger partial charge is 0.236 e. The van der Waals surface area contributed by atoms with Gasteiger partial charge in [-0.1, -0.05) is 103 Å². The first-order chi connectivity index (χ1) is 14.7. The van der Waals surface area contributed by atoms with Crippen LogP contribution in [0.2, 0.25) is 0 Å². The molecular weight excluding hydrogens is 389 g/mol. The molecule has 4 atom stereocenters. The van der Waals surface area contributed by atoms with Crippen LogP contribution in [0.25, 0.3) is 0 Å². The number of benzene rings is 3. The molecular formula is C26H26NO2P. The summed E-state index contributed by atoms with van der Waals surface area (Å²) < 4.78 is 13.6. The number of hydrogen-bond acceptors (Lipinski definition) is 2. The zero-order chi connectivity index (χ0) is 20.8. The molecule has 0 saturated heterocycles. The summed E-state index contributed by atoms with van der Waals surface area (Å²) in [5, 5.41) is 4.15. The summed E-state index contributed by atoms with van der Waals surface area (Å²) in [4.78, 5) is 11.2. The van der Waals surface area contributed by atoms with Crippen LogP contribution in [0, 0.1) is 5.92 Å². The van der Waals surface area contributed by atoms with Crippen LogP contribution in [-0.2, 0) is 11.1 Å². The van der Waals surface area contributed by atoms with E-state index in [0.717, 1.165) is 5.56 Å². The van der Waals surface area contributed by atoms with E-state index in [0.29, 0.717) is 11.8 Å². The van der Waals surface area contributed by atoms with E-state index < -0.39 is 13.0 Å². The lowest BCUT2D eigenvalue weighted by atomic mass is 9.87. The molecule has 0 aromatic heterocycles. The second kappa shape index (κ2) is 9.40. The van der Waals surface area contributed by atoms with E-state index >= 15 is 0 Å². The number of allylic oxidation sites excluding steroid dienone is 3. The average molecular weight is 415 g/mol. The van der Waals surface area contributed by atoms with Gasteiger partial charge in [0.25, 0.3) is 0 Å². The highest BCUT2D eigenvalue weighted by atomic mass is 31.2. The zero-order valence-corrected chi connectivity index (χ0v) is 17.6. The van der Waals surface area contributed by atoms with E-state index in [1.54, 1.807) is 12.1 Å². The Bertz CT molecular complexity index is 1050. The van der Waals surface area contributed by atoms with Crippen molar-refractivity contribution in [2.45, 2.75) is 18.2 Å². The second-order valence-corrected chi connectivity index (χ2v) is 9.91. The topological polar surface area (TPSA) is 49.3 Å². The first-order valence-electron chi connectivity index (χ1n) is 10.2. The van der Waals surface area contributed by atoms with Gasteiger partial charge in [-0.2, -0.15) is 0 Å². The third-order valence-electron chi connectivity index (χ3n) is 5.59. The quantitative estimate of drug-likeness (QED) is 0.520. The fourth-order valence-corrected chi connectivity index (χ4v) is 6.06. The van der Waals surface area contributed by atoms with E-state index in [4.69, 9.17) is 0 Å². The van der Waals surface area contributed by atoms with Crippen molar-refractivity contribution in [3.05, 3.63) is 126 Å². The largest absolute Gasteiger partial charge is 0.341 e. The predicted octanol–water partition coefficient (Wildman–Crippen LogP) is 5.22. The highest BCUT2D eigenvalue weighted by Gasteiger charge is 2.40. The summed E-state index contributed by atoms with van der Waals surface area (Å²) in [6.07, 6.45) is 7.81. The van der Waals surface area contributed by atoms with Gasteiger partial charge in [-0.3, -0.25) is 4.57 Å². The maximum atomic E-state index is 13.6. The molecule has 3 aromatic carbocycles. The molecule has 1 aliphatic rings. The molecule has 0 amide bonds. The van der Waals surface area contributed by atoms with Gasteiger partial charge in [0, 0.05) is 23.8 Å². The molecule has 0 aliphatic heterocycles. The summed E-state index contributed by atoms with van der Waals surface area (Å²) in [6.45, 7) is 0.683. The standard InChI is InChI=1S/C26H26NO2P/c28-30(29,23-16-8-3-9-17-23)25-19-11-10-18-24(25)26(22-14-6-2-7-15-22)27-20-21-12-4-1-5-13-21/h1-19,24-27H,20H2,(H,28,29)/t24-,25+,26+/m0/s1. The van der Waals surface area contributed by atoms with E-state index in [2.05, 4.69) is 35.7 Å². The first kappa shape index (κ1) is 20.6. The zero-order valence-electron chi connectivity index (χ0n) is 16.7. The Kier molecular flexibility index (Phi) is 6.44. The maximum absolute atomic E-state index is 13.6. The molecule has 3 nitrogen and oxygen atoms in total. The number of rotatable bonds is 7.